The molecule has 4 nitrogen and oxygen atoms in total. The van der Waals surface area contributed by atoms with Gasteiger partial charge in [-0.25, -0.2) is 0 Å². The van der Waals surface area contributed by atoms with Gasteiger partial charge in [0.25, 0.3) is 5.91 Å². The second-order valence-electron chi connectivity index (χ2n) is 2.85. The summed E-state index contributed by atoms with van der Waals surface area (Å²) in [4.78, 5) is 22.5. The van der Waals surface area contributed by atoms with Crippen molar-refractivity contribution < 1.29 is 9.59 Å². The largest absolute Gasteiger partial charge is 0.350 e. The Morgan fingerprint density at radius 2 is 1.92 bits per heavy atom. The van der Waals surface area contributed by atoms with E-state index in [1.54, 1.807) is 14.0 Å². The van der Waals surface area contributed by atoms with Gasteiger partial charge in [0.05, 0.1) is 6.04 Å². The normalized spacial score (nSPS) is 12.2. The van der Waals surface area contributed by atoms with Crippen LogP contribution in [0.15, 0.2) is 0 Å². The second kappa shape index (κ2) is 6.60. The van der Waals surface area contributed by atoms with Gasteiger partial charge >= 0.3 is 0 Å². The van der Waals surface area contributed by atoms with Gasteiger partial charge in [-0.05, 0) is 20.4 Å². The van der Waals surface area contributed by atoms with Gasteiger partial charge in [0, 0.05) is 6.54 Å². The number of nitrogens with one attached hydrogen (secondary N) is 2. The van der Waals surface area contributed by atoms with E-state index >= 15 is 0 Å². The molecule has 76 valence electrons. The number of hydrogen-bond acceptors (Lipinski definition) is 3. The Bertz CT molecular complexity index is 180. The van der Waals surface area contributed by atoms with Gasteiger partial charge in [0.15, 0.2) is 0 Å². The van der Waals surface area contributed by atoms with Crippen molar-refractivity contribution in [1.29, 1.82) is 0 Å². The molecule has 13 heavy (non-hydrogen) atoms. The summed E-state index contributed by atoms with van der Waals surface area (Å²) in [7, 11) is 1.69. The number of likely N-dealkylation sites (N-methyl/N-ethyl adjacent to an activating group) is 2. The molecule has 0 aliphatic heterocycles. The lowest BCUT2D eigenvalue weighted by atomic mass is 10.1. The predicted molar refractivity (Wildman–Crippen MR) is 51.4 cm³/mol. The first-order valence-corrected chi connectivity index (χ1v) is 4.66. The average molecular weight is 186 g/mol. The maximum atomic E-state index is 11.4. The summed E-state index contributed by atoms with van der Waals surface area (Å²) >= 11 is 0. The number of ketones is 1. The maximum absolute atomic E-state index is 11.4. The van der Waals surface area contributed by atoms with Crippen LogP contribution < -0.4 is 10.6 Å². The van der Waals surface area contributed by atoms with Gasteiger partial charge in [-0.2, -0.15) is 0 Å². The molecule has 0 rings (SSSR count). The summed E-state index contributed by atoms with van der Waals surface area (Å²) in [5, 5.41) is 5.32. The van der Waals surface area contributed by atoms with Gasteiger partial charge in [-0.3, -0.25) is 9.59 Å². The second-order valence-corrected chi connectivity index (χ2v) is 2.85. The molecule has 0 spiro atoms. The van der Waals surface area contributed by atoms with E-state index in [-0.39, 0.29) is 11.8 Å². The van der Waals surface area contributed by atoms with Crippen LogP contribution in [0.3, 0.4) is 0 Å². The summed E-state index contributed by atoms with van der Waals surface area (Å²) in [6, 6.07) is -0.337. The highest BCUT2D eigenvalue weighted by molar-refractivity contribution is 6.38. The minimum Gasteiger partial charge on any atom is -0.350 e. The molecule has 2 N–H and O–H groups in total. The number of carbonyl (C=O) groups excluding carboxylic acids is 2. The Labute approximate surface area is 79.1 Å². The van der Waals surface area contributed by atoms with Gasteiger partial charge in [-0.15, -0.1) is 0 Å². The molecule has 1 atom stereocenters. The number of carbonyl (C=O) groups is 2. The summed E-state index contributed by atoms with van der Waals surface area (Å²) in [5.74, 6) is -0.860. The van der Waals surface area contributed by atoms with E-state index in [1.807, 2.05) is 6.92 Å². The smallest absolute Gasteiger partial charge is 0.289 e. The molecule has 0 aromatic heterocycles. The van der Waals surface area contributed by atoms with Crippen molar-refractivity contribution in [3.05, 3.63) is 0 Å². The molecule has 0 fully saturated rings. The lowest BCUT2D eigenvalue weighted by Crippen LogP contribution is -2.43. The van der Waals surface area contributed by atoms with Crippen LogP contribution in [0.2, 0.25) is 0 Å². The third-order valence-corrected chi connectivity index (χ3v) is 1.80. The van der Waals surface area contributed by atoms with Crippen LogP contribution in [0.5, 0.6) is 0 Å². The van der Waals surface area contributed by atoms with Crippen molar-refractivity contribution >= 4 is 11.7 Å². The Hall–Kier alpha value is -0.900. The van der Waals surface area contributed by atoms with E-state index in [0.29, 0.717) is 13.0 Å². The van der Waals surface area contributed by atoms with Crippen molar-refractivity contribution in [1.82, 2.24) is 10.6 Å². The first-order chi connectivity index (χ1) is 6.17. The molecule has 0 bridgehead atoms. The van der Waals surface area contributed by atoms with E-state index in [1.165, 1.54) is 0 Å². The third-order valence-electron chi connectivity index (χ3n) is 1.80. The molecule has 0 aliphatic carbocycles. The molecule has 0 aliphatic rings. The highest BCUT2D eigenvalue weighted by Gasteiger charge is 2.21. The molecule has 0 heterocycles. The summed E-state index contributed by atoms with van der Waals surface area (Å²) < 4.78 is 0. The van der Waals surface area contributed by atoms with Crippen molar-refractivity contribution in [2.45, 2.75) is 32.7 Å². The Morgan fingerprint density at radius 3 is 2.31 bits per heavy atom. The highest BCUT2D eigenvalue weighted by atomic mass is 16.2. The summed E-state index contributed by atoms with van der Waals surface area (Å²) in [6.07, 6.45) is 1.59. The van der Waals surface area contributed by atoms with Crippen molar-refractivity contribution in [2.75, 3.05) is 13.6 Å². The lowest BCUT2D eigenvalue weighted by molar-refractivity contribution is -0.139. The van der Waals surface area contributed by atoms with Crippen LogP contribution in [-0.4, -0.2) is 31.3 Å². The number of rotatable bonds is 6. The van der Waals surface area contributed by atoms with Crippen LogP contribution in [0.25, 0.3) is 0 Å². The fourth-order valence-corrected chi connectivity index (χ4v) is 1.10. The first-order valence-electron chi connectivity index (χ1n) is 4.66. The Morgan fingerprint density at radius 1 is 1.31 bits per heavy atom. The monoisotopic (exact) mass is 186 g/mol. The Kier molecular flexibility index (Phi) is 6.14. The van der Waals surface area contributed by atoms with Gasteiger partial charge in [0.2, 0.25) is 5.78 Å². The first kappa shape index (κ1) is 12.1. The summed E-state index contributed by atoms with van der Waals surface area (Å²) in [6.45, 7) is 4.27. The van der Waals surface area contributed by atoms with Gasteiger partial charge < -0.3 is 10.6 Å². The number of amides is 1. The minimum atomic E-state index is -0.490. The summed E-state index contributed by atoms with van der Waals surface area (Å²) in [5.41, 5.74) is 0. The fraction of sp³-hybridized carbons (Fsp3) is 0.778. The van der Waals surface area contributed by atoms with Crippen LogP contribution in [-0.2, 0) is 9.59 Å². The molecular weight excluding hydrogens is 168 g/mol. The Balaban J connectivity index is 4.11. The van der Waals surface area contributed by atoms with Crippen LogP contribution >= 0.6 is 0 Å². The fourth-order valence-electron chi connectivity index (χ4n) is 1.10. The van der Waals surface area contributed by atoms with E-state index < -0.39 is 5.91 Å². The minimum absolute atomic E-state index is 0.337. The molecule has 1 amide bonds. The van der Waals surface area contributed by atoms with E-state index in [2.05, 4.69) is 10.6 Å². The van der Waals surface area contributed by atoms with Gasteiger partial charge in [0.1, 0.15) is 0 Å². The zero-order chi connectivity index (χ0) is 10.3. The number of Topliss-reactive ketones (excluding diaryl/α,β-unsaturated/α-hetero) is 1. The van der Waals surface area contributed by atoms with Crippen molar-refractivity contribution in [2.24, 2.45) is 0 Å². The van der Waals surface area contributed by atoms with Gasteiger partial charge in [-0.1, -0.05) is 13.3 Å². The van der Waals surface area contributed by atoms with E-state index in [9.17, 15) is 9.59 Å². The quantitative estimate of drug-likeness (QED) is 0.578. The molecule has 1 unspecified atom stereocenters. The standard InChI is InChI=1S/C9H18N2O2/c1-4-6-7(10-3)8(12)9(13)11-5-2/h7,10H,4-6H2,1-3H3,(H,11,13). The molecule has 4 heteroatoms. The van der Waals surface area contributed by atoms with Crippen LogP contribution in [0, 0.1) is 0 Å². The molecule has 0 aromatic rings. The van der Waals surface area contributed by atoms with E-state index in [4.69, 9.17) is 0 Å². The van der Waals surface area contributed by atoms with E-state index in [0.717, 1.165) is 6.42 Å². The van der Waals surface area contributed by atoms with Crippen LogP contribution in [0.4, 0.5) is 0 Å². The molecular formula is C9H18N2O2. The maximum Gasteiger partial charge on any atom is 0.289 e. The third kappa shape index (κ3) is 4.03. The zero-order valence-corrected chi connectivity index (χ0v) is 8.52. The van der Waals surface area contributed by atoms with Crippen molar-refractivity contribution in [3.8, 4) is 0 Å². The van der Waals surface area contributed by atoms with Crippen LogP contribution in [0.1, 0.15) is 26.7 Å². The highest BCUT2D eigenvalue weighted by Crippen LogP contribution is 1.97. The van der Waals surface area contributed by atoms with Crippen molar-refractivity contribution in [3.63, 3.8) is 0 Å². The zero-order valence-electron chi connectivity index (χ0n) is 8.52. The lowest BCUT2D eigenvalue weighted by Gasteiger charge is -2.12. The molecule has 0 saturated carbocycles. The SMILES string of the molecule is CCCC(NC)C(=O)C(=O)NCC. The topological polar surface area (TPSA) is 58.2 Å². The molecule has 0 aromatic carbocycles. The molecule has 0 radical (unpaired) electrons. The number of hydrogen-bond donors (Lipinski definition) is 2. The molecule has 0 saturated heterocycles. The average Bonchev–Trinajstić information content (AvgIpc) is 2.13. The predicted octanol–water partition coefficient (Wildman–Crippen LogP) is 0.0797.